The molecule has 3 rings (SSSR count). The average molecular weight is 295 g/mol. The summed E-state index contributed by atoms with van der Waals surface area (Å²) in [6, 6.07) is 15.9. The zero-order chi connectivity index (χ0) is 15.5. The second kappa shape index (κ2) is 6.22. The van der Waals surface area contributed by atoms with Crippen LogP contribution in [0.1, 0.15) is 43.2 Å². The summed E-state index contributed by atoms with van der Waals surface area (Å²) >= 11 is 0. The molecule has 22 heavy (non-hydrogen) atoms. The number of benzene rings is 2. The van der Waals surface area contributed by atoms with Gasteiger partial charge in [0, 0.05) is 11.3 Å². The predicted octanol–water partition coefficient (Wildman–Crippen LogP) is 4.31. The van der Waals surface area contributed by atoms with Gasteiger partial charge in [0.1, 0.15) is 5.75 Å². The third-order valence-corrected chi connectivity index (χ3v) is 4.12. The second-order valence-electron chi connectivity index (χ2n) is 5.99. The van der Waals surface area contributed by atoms with Crippen LogP contribution < -0.4 is 10.1 Å². The Morgan fingerprint density at radius 3 is 2.59 bits per heavy atom. The van der Waals surface area contributed by atoms with E-state index >= 15 is 0 Å². The number of fused-ring (bicyclic) bond motifs is 1. The number of hydrogen-bond acceptors (Lipinski definition) is 2. The molecule has 0 spiro atoms. The largest absolute Gasteiger partial charge is 0.493 e. The van der Waals surface area contributed by atoms with Gasteiger partial charge in [-0.05, 0) is 36.1 Å². The monoisotopic (exact) mass is 295 g/mol. The number of carbonyl (C=O) groups excluding carboxylic acids is 1. The summed E-state index contributed by atoms with van der Waals surface area (Å²) in [4.78, 5) is 12.6. The van der Waals surface area contributed by atoms with E-state index in [1.807, 2.05) is 36.4 Å². The molecule has 3 nitrogen and oxygen atoms in total. The van der Waals surface area contributed by atoms with Gasteiger partial charge in [0.05, 0.1) is 12.5 Å². The lowest BCUT2D eigenvalue weighted by molar-refractivity contribution is -0.118. The van der Waals surface area contributed by atoms with E-state index in [9.17, 15) is 4.79 Å². The molecule has 0 aromatic heterocycles. The standard InChI is InChI=1S/C19H21NO2/c1-13(2)14-7-9-15(10-8-14)20-19(21)17-11-12-22-18-6-4-3-5-16(17)18/h3-10,13,17H,11-12H2,1-2H3,(H,20,21). The lowest BCUT2D eigenvalue weighted by Gasteiger charge is -2.25. The van der Waals surface area contributed by atoms with Crippen molar-refractivity contribution in [3.05, 3.63) is 59.7 Å². The summed E-state index contributed by atoms with van der Waals surface area (Å²) in [7, 11) is 0. The van der Waals surface area contributed by atoms with Crippen molar-refractivity contribution in [3.63, 3.8) is 0 Å². The highest BCUT2D eigenvalue weighted by molar-refractivity contribution is 5.96. The Kier molecular flexibility index (Phi) is 4.14. The van der Waals surface area contributed by atoms with Gasteiger partial charge in [-0.2, -0.15) is 0 Å². The lowest BCUT2D eigenvalue weighted by atomic mass is 9.92. The van der Waals surface area contributed by atoms with Crippen LogP contribution in [0.3, 0.4) is 0 Å². The van der Waals surface area contributed by atoms with Gasteiger partial charge in [0.2, 0.25) is 5.91 Å². The topological polar surface area (TPSA) is 38.3 Å². The maximum absolute atomic E-state index is 12.6. The van der Waals surface area contributed by atoms with Gasteiger partial charge < -0.3 is 10.1 Å². The number of rotatable bonds is 3. The molecule has 1 heterocycles. The van der Waals surface area contributed by atoms with E-state index in [-0.39, 0.29) is 11.8 Å². The molecule has 1 aliphatic heterocycles. The number of nitrogens with one attached hydrogen (secondary N) is 1. The Balaban J connectivity index is 1.75. The summed E-state index contributed by atoms with van der Waals surface area (Å²) in [5.74, 6) is 1.21. The molecule has 0 aliphatic carbocycles. The fraction of sp³-hybridized carbons (Fsp3) is 0.316. The van der Waals surface area contributed by atoms with Crippen molar-refractivity contribution in [2.75, 3.05) is 11.9 Å². The van der Waals surface area contributed by atoms with Crippen LogP contribution in [0.4, 0.5) is 5.69 Å². The molecular formula is C19H21NO2. The molecule has 114 valence electrons. The highest BCUT2D eigenvalue weighted by Gasteiger charge is 2.27. The highest BCUT2D eigenvalue weighted by Crippen LogP contribution is 2.34. The van der Waals surface area contributed by atoms with Crippen molar-refractivity contribution in [3.8, 4) is 5.75 Å². The maximum atomic E-state index is 12.6. The molecule has 2 aromatic carbocycles. The minimum absolute atomic E-state index is 0.0352. The quantitative estimate of drug-likeness (QED) is 0.916. The van der Waals surface area contributed by atoms with Crippen molar-refractivity contribution in [1.82, 2.24) is 0 Å². The highest BCUT2D eigenvalue weighted by atomic mass is 16.5. The lowest BCUT2D eigenvalue weighted by Crippen LogP contribution is -2.26. The molecule has 1 unspecified atom stereocenters. The number of carbonyl (C=O) groups is 1. The van der Waals surface area contributed by atoms with Crippen LogP contribution in [-0.2, 0) is 4.79 Å². The smallest absolute Gasteiger partial charge is 0.232 e. The Morgan fingerprint density at radius 2 is 1.86 bits per heavy atom. The number of anilines is 1. The third-order valence-electron chi connectivity index (χ3n) is 4.12. The molecule has 0 radical (unpaired) electrons. The van der Waals surface area contributed by atoms with Gasteiger partial charge in [-0.15, -0.1) is 0 Å². The van der Waals surface area contributed by atoms with Gasteiger partial charge in [-0.3, -0.25) is 4.79 Å². The molecule has 0 saturated carbocycles. The summed E-state index contributed by atoms with van der Waals surface area (Å²) < 4.78 is 5.62. The van der Waals surface area contributed by atoms with Crippen LogP contribution in [0, 0.1) is 0 Å². The van der Waals surface area contributed by atoms with E-state index < -0.39 is 0 Å². The zero-order valence-corrected chi connectivity index (χ0v) is 13.0. The second-order valence-corrected chi connectivity index (χ2v) is 5.99. The van der Waals surface area contributed by atoms with Crippen LogP contribution in [-0.4, -0.2) is 12.5 Å². The minimum atomic E-state index is -0.144. The zero-order valence-electron chi connectivity index (χ0n) is 13.0. The Bertz CT molecular complexity index is 661. The van der Waals surface area contributed by atoms with Gasteiger partial charge in [0.25, 0.3) is 0 Å². The molecule has 1 aliphatic rings. The normalized spacial score (nSPS) is 16.8. The fourth-order valence-corrected chi connectivity index (χ4v) is 2.80. The molecule has 2 aromatic rings. The molecular weight excluding hydrogens is 274 g/mol. The number of hydrogen-bond donors (Lipinski definition) is 1. The number of ether oxygens (including phenoxy) is 1. The molecule has 1 N–H and O–H groups in total. The first kappa shape index (κ1) is 14.6. The van der Waals surface area contributed by atoms with Crippen LogP contribution in [0.2, 0.25) is 0 Å². The van der Waals surface area contributed by atoms with Crippen LogP contribution in [0.15, 0.2) is 48.5 Å². The van der Waals surface area contributed by atoms with Crippen LogP contribution in [0.25, 0.3) is 0 Å². The Labute approximate surface area is 131 Å². The van der Waals surface area contributed by atoms with Crippen LogP contribution in [0.5, 0.6) is 5.75 Å². The van der Waals surface area contributed by atoms with Gasteiger partial charge >= 0.3 is 0 Å². The average Bonchev–Trinajstić information content (AvgIpc) is 2.54. The summed E-state index contributed by atoms with van der Waals surface area (Å²) in [6.07, 6.45) is 0.715. The van der Waals surface area contributed by atoms with Crippen molar-refractivity contribution in [2.24, 2.45) is 0 Å². The summed E-state index contributed by atoms with van der Waals surface area (Å²) in [6.45, 7) is 4.90. The van der Waals surface area contributed by atoms with E-state index in [4.69, 9.17) is 4.74 Å². The van der Waals surface area contributed by atoms with Crippen molar-refractivity contribution in [2.45, 2.75) is 32.1 Å². The van der Waals surface area contributed by atoms with Crippen molar-refractivity contribution in [1.29, 1.82) is 0 Å². The molecule has 1 amide bonds. The first-order valence-corrected chi connectivity index (χ1v) is 7.77. The molecule has 0 fully saturated rings. The van der Waals surface area contributed by atoms with E-state index in [0.717, 1.165) is 17.0 Å². The summed E-state index contributed by atoms with van der Waals surface area (Å²) in [5.41, 5.74) is 3.10. The molecule has 3 heteroatoms. The third kappa shape index (κ3) is 2.98. The number of para-hydroxylation sites is 1. The first-order chi connectivity index (χ1) is 10.6. The van der Waals surface area contributed by atoms with Gasteiger partial charge in [0.15, 0.2) is 0 Å². The molecule has 0 bridgehead atoms. The predicted molar refractivity (Wildman–Crippen MR) is 88.5 cm³/mol. The Hall–Kier alpha value is -2.29. The summed E-state index contributed by atoms with van der Waals surface area (Å²) in [5, 5.41) is 3.02. The van der Waals surface area contributed by atoms with E-state index in [1.54, 1.807) is 0 Å². The van der Waals surface area contributed by atoms with Crippen LogP contribution >= 0.6 is 0 Å². The van der Waals surface area contributed by atoms with E-state index in [2.05, 4.69) is 31.3 Å². The first-order valence-electron chi connectivity index (χ1n) is 7.77. The van der Waals surface area contributed by atoms with Gasteiger partial charge in [-0.1, -0.05) is 44.2 Å². The maximum Gasteiger partial charge on any atom is 0.232 e. The molecule has 1 atom stereocenters. The van der Waals surface area contributed by atoms with Gasteiger partial charge in [-0.25, -0.2) is 0 Å². The van der Waals surface area contributed by atoms with Crippen molar-refractivity contribution < 1.29 is 9.53 Å². The molecule has 0 saturated heterocycles. The minimum Gasteiger partial charge on any atom is -0.493 e. The van der Waals surface area contributed by atoms with E-state index in [0.29, 0.717) is 18.9 Å². The Morgan fingerprint density at radius 1 is 1.14 bits per heavy atom. The number of amides is 1. The van der Waals surface area contributed by atoms with Crippen molar-refractivity contribution >= 4 is 11.6 Å². The SMILES string of the molecule is CC(C)c1ccc(NC(=O)C2CCOc3ccccc32)cc1. The van der Waals surface area contributed by atoms with E-state index in [1.165, 1.54) is 5.56 Å². The fourth-order valence-electron chi connectivity index (χ4n) is 2.80.